The Morgan fingerprint density at radius 1 is 1.14 bits per heavy atom. The molecule has 0 bridgehead atoms. The van der Waals surface area contributed by atoms with Gasteiger partial charge in [-0.1, -0.05) is 12.1 Å². The van der Waals surface area contributed by atoms with Crippen molar-refractivity contribution in [2.24, 2.45) is 0 Å². The Morgan fingerprint density at radius 2 is 1.89 bits per heavy atom. The van der Waals surface area contributed by atoms with Crippen molar-refractivity contribution >= 4 is 11.5 Å². The van der Waals surface area contributed by atoms with Gasteiger partial charge in [-0.2, -0.15) is 0 Å². The van der Waals surface area contributed by atoms with Gasteiger partial charge in [-0.3, -0.25) is 0 Å². The highest BCUT2D eigenvalue weighted by Crippen LogP contribution is 2.30. The van der Waals surface area contributed by atoms with Crippen LogP contribution in [0, 0.1) is 5.82 Å². The number of rotatable bonds is 10. The number of benzene rings is 1. The second-order valence-electron chi connectivity index (χ2n) is 9.96. The molecule has 2 aromatic rings. The van der Waals surface area contributed by atoms with Gasteiger partial charge in [-0.25, -0.2) is 13.8 Å². The van der Waals surface area contributed by atoms with Crippen LogP contribution in [0.3, 0.4) is 0 Å². The lowest BCUT2D eigenvalue weighted by Crippen LogP contribution is -2.42. The lowest BCUT2D eigenvalue weighted by atomic mass is 9.90. The summed E-state index contributed by atoms with van der Waals surface area (Å²) in [4.78, 5) is 4.28. The fourth-order valence-electron chi connectivity index (χ4n) is 5.02. The second kappa shape index (κ2) is 12.1. The topological polar surface area (TPSA) is 67.4 Å². The van der Waals surface area contributed by atoms with Crippen LogP contribution in [0.5, 0.6) is 0 Å². The summed E-state index contributed by atoms with van der Waals surface area (Å²) in [6, 6.07) is 10.4. The van der Waals surface area contributed by atoms with E-state index in [0.29, 0.717) is 62.2 Å². The lowest BCUT2D eigenvalue weighted by molar-refractivity contribution is -0.00115. The first-order chi connectivity index (χ1) is 16.9. The Bertz CT molecular complexity index is 947. The second-order valence-corrected chi connectivity index (χ2v) is 9.96. The maximum Gasteiger partial charge on any atom is 0.149 e. The van der Waals surface area contributed by atoms with Crippen molar-refractivity contribution in [3.05, 3.63) is 42.3 Å². The summed E-state index contributed by atoms with van der Waals surface area (Å²) in [6.07, 6.45) is 6.26. The van der Waals surface area contributed by atoms with Gasteiger partial charge in [0, 0.05) is 69.1 Å². The van der Waals surface area contributed by atoms with Crippen molar-refractivity contribution in [2.75, 3.05) is 44.1 Å². The van der Waals surface area contributed by atoms with Gasteiger partial charge in [0.05, 0.1) is 12.8 Å². The molecule has 0 amide bonds. The van der Waals surface area contributed by atoms with Crippen LogP contribution in [0.1, 0.15) is 45.4 Å². The molecule has 35 heavy (non-hydrogen) atoms. The van der Waals surface area contributed by atoms with E-state index in [9.17, 15) is 8.78 Å². The molecule has 6 nitrogen and oxygen atoms in total. The maximum absolute atomic E-state index is 14.9. The standard InChI is InChI=1S/C27H38F2N4O2/c1-19(17-34-2)32-21-6-8-22(9-7-21)33-26-15-24(25(28)16-30-26)20-4-3-5-23(14-20)31-18-27(29)10-12-35-13-11-27/h3-5,14-16,19,21-22,31-32H,6-13,17-18H2,1-2H3,(H,30,33)/t19-,21?,22?/m1/s1. The minimum Gasteiger partial charge on any atom is -0.383 e. The zero-order valence-corrected chi connectivity index (χ0v) is 20.8. The van der Waals surface area contributed by atoms with E-state index in [2.05, 4.69) is 27.9 Å². The highest BCUT2D eigenvalue weighted by molar-refractivity contribution is 5.70. The van der Waals surface area contributed by atoms with E-state index >= 15 is 0 Å². The quantitative estimate of drug-likeness (QED) is 0.429. The number of nitrogens with zero attached hydrogens (tertiary/aromatic N) is 1. The number of hydrogen-bond donors (Lipinski definition) is 3. The predicted molar refractivity (Wildman–Crippen MR) is 136 cm³/mol. The van der Waals surface area contributed by atoms with Crippen molar-refractivity contribution in [3.63, 3.8) is 0 Å². The Hall–Kier alpha value is -2.29. The monoisotopic (exact) mass is 488 g/mol. The average molecular weight is 489 g/mol. The third-order valence-corrected chi connectivity index (χ3v) is 7.04. The summed E-state index contributed by atoms with van der Waals surface area (Å²) < 4.78 is 40.1. The molecule has 192 valence electrons. The number of pyridine rings is 1. The third kappa shape index (κ3) is 7.35. The molecule has 0 unspecified atom stereocenters. The van der Waals surface area contributed by atoms with Crippen LogP contribution in [0.2, 0.25) is 0 Å². The molecule has 1 saturated heterocycles. The molecular weight excluding hydrogens is 450 g/mol. The van der Waals surface area contributed by atoms with Crippen molar-refractivity contribution in [1.82, 2.24) is 10.3 Å². The van der Waals surface area contributed by atoms with E-state index in [-0.39, 0.29) is 12.4 Å². The van der Waals surface area contributed by atoms with Crippen molar-refractivity contribution in [2.45, 2.75) is 69.2 Å². The van der Waals surface area contributed by atoms with Crippen LogP contribution in [0.25, 0.3) is 11.1 Å². The summed E-state index contributed by atoms with van der Waals surface area (Å²) >= 11 is 0. The number of aromatic nitrogens is 1. The summed E-state index contributed by atoms with van der Waals surface area (Å²) in [7, 11) is 1.72. The molecule has 2 aliphatic rings. The van der Waals surface area contributed by atoms with E-state index in [1.54, 1.807) is 13.2 Å². The van der Waals surface area contributed by atoms with Crippen molar-refractivity contribution < 1.29 is 18.3 Å². The van der Waals surface area contributed by atoms with Gasteiger partial charge >= 0.3 is 0 Å². The van der Waals surface area contributed by atoms with Gasteiger partial charge in [-0.05, 0) is 56.4 Å². The fourth-order valence-corrected chi connectivity index (χ4v) is 5.02. The molecule has 2 fully saturated rings. The van der Waals surface area contributed by atoms with Crippen LogP contribution in [-0.2, 0) is 9.47 Å². The summed E-state index contributed by atoms with van der Waals surface area (Å²) in [6.45, 7) is 3.96. The lowest BCUT2D eigenvalue weighted by Gasteiger charge is -2.32. The molecule has 2 heterocycles. The van der Waals surface area contributed by atoms with E-state index in [1.807, 2.05) is 24.3 Å². The van der Waals surface area contributed by atoms with Crippen molar-refractivity contribution in [3.8, 4) is 11.1 Å². The van der Waals surface area contributed by atoms with Crippen molar-refractivity contribution in [1.29, 1.82) is 0 Å². The minimum atomic E-state index is -1.27. The molecule has 1 saturated carbocycles. The SMILES string of the molecule is COC[C@@H](C)NC1CCC(Nc2cc(-c3cccc(NCC4(F)CCOCC4)c3)c(F)cn2)CC1. The largest absolute Gasteiger partial charge is 0.383 e. The Morgan fingerprint density at radius 3 is 2.63 bits per heavy atom. The smallest absolute Gasteiger partial charge is 0.149 e. The van der Waals surface area contributed by atoms with E-state index in [4.69, 9.17) is 9.47 Å². The number of alkyl halides is 1. The first-order valence-electron chi connectivity index (χ1n) is 12.7. The van der Waals surface area contributed by atoms with Crippen LogP contribution >= 0.6 is 0 Å². The maximum atomic E-state index is 14.9. The van der Waals surface area contributed by atoms with Gasteiger partial charge in [0.2, 0.25) is 0 Å². The Kier molecular flexibility index (Phi) is 8.92. The van der Waals surface area contributed by atoms with Crippen LogP contribution in [-0.4, -0.2) is 62.3 Å². The molecule has 1 atom stereocenters. The van der Waals surface area contributed by atoms with E-state index in [1.165, 1.54) is 6.20 Å². The van der Waals surface area contributed by atoms with Crippen LogP contribution in [0.15, 0.2) is 36.5 Å². The molecule has 1 aromatic carbocycles. The predicted octanol–water partition coefficient (Wildman–Crippen LogP) is 5.17. The zero-order valence-electron chi connectivity index (χ0n) is 20.8. The van der Waals surface area contributed by atoms with Gasteiger partial charge in [0.25, 0.3) is 0 Å². The van der Waals surface area contributed by atoms with E-state index < -0.39 is 5.67 Å². The molecule has 0 radical (unpaired) electrons. The molecule has 4 rings (SSSR count). The zero-order chi connectivity index (χ0) is 24.7. The van der Waals surface area contributed by atoms with Gasteiger partial charge in [-0.15, -0.1) is 0 Å². The number of ether oxygens (including phenoxy) is 2. The van der Waals surface area contributed by atoms with Crippen LogP contribution in [0.4, 0.5) is 20.3 Å². The number of methoxy groups -OCH3 is 1. The number of hydrogen-bond acceptors (Lipinski definition) is 6. The first kappa shape index (κ1) is 25.8. The summed E-state index contributed by atoms with van der Waals surface area (Å²) in [5.74, 6) is 0.299. The number of nitrogens with one attached hydrogen (secondary N) is 3. The Labute approximate surface area is 207 Å². The minimum absolute atomic E-state index is 0.216. The normalized spacial score (nSPS) is 23.0. The van der Waals surface area contributed by atoms with E-state index in [0.717, 1.165) is 36.9 Å². The molecule has 1 aromatic heterocycles. The summed E-state index contributed by atoms with van der Waals surface area (Å²) in [5.41, 5.74) is 0.711. The van der Waals surface area contributed by atoms with Gasteiger partial charge in [0.15, 0.2) is 0 Å². The van der Waals surface area contributed by atoms with Gasteiger partial charge in [0.1, 0.15) is 17.3 Å². The molecular formula is C27H38F2N4O2. The number of anilines is 2. The highest BCUT2D eigenvalue weighted by Gasteiger charge is 2.32. The molecule has 3 N–H and O–H groups in total. The Balaban J connectivity index is 1.36. The fraction of sp³-hybridized carbons (Fsp3) is 0.593. The van der Waals surface area contributed by atoms with Gasteiger partial charge < -0.3 is 25.4 Å². The first-order valence-corrected chi connectivity index (χ1v) is 12.7. The number of halogens is 2. The summed E-state index contributed by atoms with van der Waals surface area (Å²) in [5, 5.41) is 10.3. The molecule has 1 aliphatic carbocycles. The highest BCUT2D eigenvalue weighted by atomic mass is 19.1. The molecule has 8 heteroatoms. The molecule has 1 aliphatic heterocycles. The van der Waals surface area contributed by atoms with Crippen LogP contribution < -0.4 is 16.0 Å². The molecule has 0 spiro atoms. The average Bonchev–Trinajstić information content (AvgIpc) is 2.86. The third-order valence-electron chi connectivity index (χ3n) is 7.04.